The number of halogens is 2. The zero-order valence-corrected chi connectivity index (χ0v) is 13.9. The lowest BCUT2D eigenvalue weighted by Crippen LogP contribution is -2.30. The van der Waals surface area contributed by atoms with Crippen LogP contribution in [0.1, 0.15) is 29.0 Å². The molecule has 2 aromatic carbocycles. The van der Waals surface area contributed by atoms with Crippen LogP contribution in [0.4, 0.5) is 8.78 Å². The molecule has 0 fully saturated rings. The smallest absolute Gasteiger partial charge is 0.274 e. The van der Waals surface area contributed by atoms with E-state index in [1.807, 2.05) is 6.92 Å². The number of hydrogen-bond acceptors (Lipinski definition) is 2. The number of benzene rings is 2. The number of aromatic nitrogens is 2. The molecule has 25 heavy (non-hydrogen) atoms. The van der Waals surface area contributed by atoms with E-state index in [9.17, 15) is 13.6 Å². The highest BCUT2D eigenvalue weighted by atomic mass is 19.1. The van der Waals surface area contributed by atoms with Crippen LogP contribution in [-0.4, -0.2) is 27.6 Å². The minimum atomic E-state index is -0.333. The molecule has 1 aromatic heterocycles. The molecule has 0 saturated carbocycles. The summed E-state index contributed by atoms with van der Waals surface area (Å²) in [6.07, 6.45) is 1.65. The second-order valence-electron chi connectivity index (χ2n) is 5.77. The largest absolute Gasteiger partial charge is 0.334 e. The minimum absolute atomic E-state index is 0.232. The Hall–Kier alpha value is -3.02. The van der Waals surface area contributed by atoms with Crippen LogP contribution in [0.5, 0.6) is 0 Å². The number of carbonyl (C=O) groups excluding carboxylic acids is 1. The van der Waals surface area contributed by atoms with Crippen LogP contribution in [-0.2, 0) is 0 Å². The Balaban J connectivity index is 1.78. The second-order valence-corrected chi connectivity index (χ2v) is 5.77. The Morgan fingerprint density at radius 1 is 1.00 bits per heavy atom. The lowest BCUT2D eigenvalue weighted by molar-refractivity contribution is 0.0736. The van der Waals surface area contributed by atoms with Crippen LogP contribution in [0.15, 0.2) is 60.8 Å². The van der Waals surface area contributed by atoms with Gasteiger partial charge in [0.2, 0.25) is 0 Å². The molecule has 0 spiro atoms. The van der Waals surface area contributed by atoms with E-state index in [0.717, 1.165) is 5.56 Å². The summed E-state index contributed by atoms with van der Waals surface area (Å²) in [5.41, 5.74) is 1.77. The third-order valence-electron chi connectivity index (χ3n) is 4.15. The second kappa shape index (κ2) is 6.84. The fourth-order valence-electron chi connectivity index (χ4n) is 2.50. The van der Waals surface area contributed by atoms with Gasteiger partial charge in [0, 0.05) is 13.2 Å². The van der Waals surface area contributed by atoms with Crippen molar-refractivity contribution in [2.75, 3.05) is 7.05 Å². The van der Waals surface area contributed by atoms with Crippen molar-refractivity contribution in [1.29, 1.82) is 0 Å². The Labute approximate surface area is 144 Å². The third-order valence-corrected chi connectivity index (χ3v) is 4.15. The van der Waals surface area contributed by atoms with Gasteiger partial charge in [0.25, 0.3) is 5.91 Å². The van der Waals surface area contributed by atoms with E-state index < -0.39 is 0 Å². The van der Waals surface area contributed by atoms with Crippen LogP contribution in [0.3, 0.4) is 0 Å². The summed E-state index contributed by atoms with van der Waals surface area (Å²) in [4.78, 5) is 14.2. The van der Waals surface area contributed by atoms with Crippen LogP contribution >= 0.6 is 0 Å². The number of rotatable bonds is 4. The normalized spacial score (nSPS) is 12.0. The molecule has 128 valence electrons. The van der Waals surface area contributed by atoms with Crippen molar-refractivity contribution in [2.45, 2.75) is 13.0 Å². The van der Waals surface area contributed by atoms with E-state index in [-0.39, 0.29) is 29.3 Å². The van der Waals surface area contributed by atoms with Gasteiger partial charge in [-0.25, -0.2) is 13.5 Å². The van der Waals surface area contributed by atoms with Crippen molar-refractivity contribution in [3.63, 3.8) is 0 Å². The zero-order chi connectivity index (χ0) is 18.0. The van der Waals surface area contributed by atoms with Crippen LogP contribution < -0.4 is 0 Å². The van der Waals surface area contributed by atoms with Crippen LogP contribution in [0.25, 0.3) is 5.69 Å². The molecule has 0 aliphatic rings. The Bertz CT molecular complexity index is 872. The van der Waals surface area contributed by atoms with E-state index in [4.69, 9.17) is 0 Å². The van der Waals surface area contributed by atoms with Gasteiger partial charge in [-0.3, -0.25) is 4.79 Å². The van der Waals surface area contributed by atoms with Gasteiger partial charge in [-0.1, -0.05) is 12.1 Å². The first-order valence-electron chi connectivity index (χ1n) is 7.80. The molecule has 1 heterocycles. The summed E-state index contributed by atoms with van der Waals surface area (Å²) in [6, 6.07) is 13.3. The quantitative estimate of drug-likeness (QED) is 0.720. The molecule has 0 N–H and O–H groups in total. The van der Waals surface area contributed by atoms with E-state index in [0.29, 0.717) is 5.69 Å². The molecule has 1 atom stereocenters. The molecular formula is C19H17F2N3O. The summed E-state index contributed by atoms with van der Waals surface area (Å²) in [5.74, 6) is -0.902. The highest BCUT2D eigenvalue weighted by Crippen LogP contribution is 2.21. The molecule has 3 rings (SSSR count). The molecule has 4 nitrogen and oxygen atoms in total. The van der Waals surface area contributed by atoms with Gasteiger partial charge in [0.1, 0.15) is 11.6 Å². The molecule has 0 bridgehead atoms. The van der Waals surface area contributed by atoms with E-state index in [1.54, 1.807) is 48.5 Å². The van der Waals surface area contributed by atoms with E-state index in [1.165, 1.54) is 28.9 Å². The molecule has 3 aromatic rings. The van der Waals surface area contributed by atoms with E-state index >= 15 is 0 Å². The summed E-state index contributed by atoms with van der Waals surface area (Å²) < 4.78 is 27.6. The number of nitrogens with zero attached hydrogens (tertiary/aromatic N) is 3. The first-order valence-corrected chi connectivity index (χ1v) is 7.80. The highest BCUT2D eigenvalue weighted by molar-refractivity contribution is 5.92. The van der Waals surface area contributed by atoms with Crippen LogP contribution in [0, 0.1) is 11.6 Å². The number of carbonyl (C=O) groups is 1. The fraction of sp³-hybridized carbons (Fsp3) is 0.158. The van der Waals surface area contributed by atoms with E-state index in [2.05, 4.69) is 5.10 Å². The predicted molar refractivity (Wildman–Crippen MR) is 90.4 cm³/mol. The predicted octanol–water partition coefficient (Wildman–Crippen LogP) is 3.98. The van der Waals surface area contributed by atoms with Gasteiger partial charge in [0.05, 0.1) is 11.7 Å². The molecule has 1 amide bonds. The highest BCUT2D eigenvalue weighted by Gasteiger charge is 2.21. The van der Waals surface area contributed by atoms with Crippen molar-refractivity contribution in [2.24, 2.45) is 0 Å². The summed E-state index contributed by atoms with van der Waals surface area (Å²) in [7, 11) is 1.67. The third kappa shape index (κ3) is 3.57. The summed E-state index contributed by atoms with van der Waals surface area (Å²) in [6.45, 7) is 1.86. The molecule has 6 heteroatoms. The SMILES string of the molecule is CC(c1ccc(F)cc1)N(C)C(=O)c1ccn(-c2ccc(F)cc2)n1. The Morgan fingerprint density at radius 2 is 1.56 bits per heavy atom. The maximum absolute atomic E-state index is 13.0. The van der Waals surface area contributed by atoms with Crippen LogP contribution in [0.2, 0.25) is 0 Å². The van der Waals surface area contributed by atoms with Gasteiger partial charge in [-0.2, -0.15) is 5.10 Å². The lowest BCUT2D eigenvalue weighted by atomic mass is 10.1. The minimum Gasteiger partial charge on any atom is -0.334 e. The van der Waals surface area contributed by atoms with Gasteiger partial charge in [-0.15, -0.1) is 0 Å². The molecular weight excluding hydrogens is 324 g/mol. The molecule has 0 saturated heterocycles. The van der Waals surface area contributed by atoms with Crippen molar-refractivity contribution in [3.05, 3.63) is 83.7 Å². The fourth-order valence-corrected chi connectivity index (χ4v) is 2.50. The topological polar surface area (TPSA) is 38.1 Å². The average molecular weight is 341 g/mol. The maximum atomic E-state index is 13.0. The van der Waals surface area contributed by atoms with Gasteiger partial charge in [0.15, 0.2) is 5.69 Å². The lowest BCUT2D eigenvalue weighted by Gasteiger charge is -2.24. The van der Waals surface area contributed by atoms with Crippen molar-refractivity contribution in [1.82, 2.24) is 14.7 Å². The maximum Gasteiger partial charge on any atom is 0.274 e. The molecule has 0 aliphatic heterocycles. The standard InChI is InChI=1S/C19H17F2N3O/c1-13(14-3-5-15(20)6-4-14)23(2)19(25)18-11-12-24(22-18)17-9-7-16(21)8-10-17/h3-13H,1-2H3. The first kappa shape index (κ1) is 16.8. The monoisotopic (exact) mass is 341 g/mol. The van der Waals surface area contributed by atoms with Gasteiger partial charge >= 0.3 is 0 Å². The summed E-state index contributed by atoms with van der Waals surface area (Å²) >= 11 is 0. The first-order chi connectivity index (χ1) is 12.0. The molecule has 1 unspecified atom stereocenters. The van der Waals surface area contributed by atoms with Crippen molar-refractivity contribution < 1.29 is 13.6 Å². The summed E-state index contributed by atoms with van der Waals surface area (Å²) in [5, 5.41) is 4.26. The Kier molecular flexibility index (Phi) is 4.61. The van der Waals surface area contributed by atoms with Crippen molar-refractivity contribution in [3.8, 4) is 5.69 Å². The number of hydrogen-bond donors (Lipinski definition) is 0. The van der Waals surface area contributed by atoms with Gasteiger partial charge < -0.3 is 4.90 Å². The van der Waals surface area contributed by atoms with Crippen molar-refractivity contribution >= 4 is 5.91 Å². The average Bonchev–Trinajstić information content (AvgIpc) is 3.11. The Morgan fingerprint density at radius 3 is 2.16 bits per heavy atom. The van der Waals surface area contributed by atoms with Gasteiger partial charge in [-0.05, 0) is 55.0 Å². The molecule has 0 aliphatic carbocycles. The molecule has 0 radical (unpaired) electrons. The number of amides is 1. The zero-order valence-electron chi connectivity index (χ0n) is 13.9.